The molecule has 1 N–H and O–H groups in total. The molecule has 1 fully saturated rings. The van der Waals surface area contributed by atoms with Crippen LogP contribution in [0, 0.1) is 0 Å². The summed E-state index contributed by atoms with van der Waals surface area (Å²) in [6.07, 6.45) is 4.97. The minimum Gasteiger partial charge on any atom is -0.354 e. The van der Waals surface area contributed by atoms with Crippen LogP contribution in [-0.4, -0.2) is 40.6 Å². The highest BCUT2D eigenvalue weighted by molar-refractivity contribution is 7.99. The molecule has 0 radical (unpaired) electrons. The lowest BCUT2D eigenvalue weighted by atomic mass is 10.3. The Kier molecular flexibility index (Phi) is 5.26. The maximum absolute atomic E-state index is 4.70. The molecule has 0 aromatic carbocycles. The molecule has 5 heteroatoms. The van der Waals surface area contributed by atoms with Gasteiger partial charge in [-0.2, -0.15) is 11.8 Å². The molecule has 18 heavy (non-hydrogen) atoms. The van der Waals surface area contributed by atoms with Crippen molar-refractivity contribution >= 4 is 17.6 Å². The number of rotatable bonds is 4. The molecule has 0 saturated carbocycles. The minimum atomic E-state index is 0.477. The number of aromatic nitrogens is 2. The van der Waals surface area contributed by atoms with Crippen LogP contribution in [0.1, 0.15) is 26.0 Å². The largest absolute Gasteiger partial charge is 0.354 e. The Bertz CT molecular complexity index is 362. The van der Waals surface area contributed by atoms with Crippen molar-refractivity contribution in [1.82, 2.24) is 15.3 Å². The van der Waals surface area contributed by atoms with Gasteiger partial charge in [0.25, 0.3) is 0 Å². The van der Waals surface area contributed by atoms with E-state index in [1.54, 1.807) is 0 Å². The van der Waals surface area contributed by atoms with Crippen molar-refractivity contribution in [2.24, 2.45) is 0 Å². The molecule has 4 nitrogen and oxygen atoms in total. The van der Waals surface area contributed by atoms with Crippen molar-refractivity contribution in [1.29, 1.82) is 0 Å². The van der Waals surface area contributed by atoms with E-state index in [1.165, 1.54) is 17.9 Å². The fraction of sp³-hybridized carbons (Fsp3) is 0.692. The van der Waals surface area contributed by atoms with Crippen molar-refractivity contribution in [3.63, 3.8) is 0 Å². The first-order chi connectivity index (χ1) is 8.75. The Morgan fingerprint density at radius 2 is 2.22 bits per heavy atom. The van der Waals surface area contributed by atoms with Crippen molar-refractivity contribution in [2.75, 3.05) is 29.5 Å². The zero-order chi connectivity index (χ0) is 12.8. The van der Waals surface area contributed by atoms with Crippen LogP contribution in [0.5, 0.6) is 0 Å². The highest BCUT2D eigenvalue weighted by atomic mass is 32.2. The van der Waals surface area contributed by atoms with Gasteiger partial charge in [0.2, 0.25) is 0 Å². The Morgan fingerprint density at radius 1 is 1.33 bits per heavy atom. The maximum atomic E-state index is 4.70. The van der Waals surface area contributed by atoms with Gasteiger partial charge in [0.05, 0.1) is 11.9 Å². The van der Waals surface area contributed by atoms with Crippen LogP contribution in [0.15, 0.2) is 12.4 Å². The van der Waals surface area contributed by atoms with E-state index in [4.69, 9.17) is 4.98 Å². The second-order valence-corrected chi connectivity index (χ2v) is 6.08. The first-order valence-corrected chi connectivity index (χ1v) is 7.78. The summed E-state index contributed by atoms with van der Waals surface area (Å²) < 4.78 is 0. The van der Waals surface area contributed by atoms with Gasteiger partial charge in [-0.05, 0) is 12.2 Å². The third kappa shape index (κ3) is 4.14. The van der Waals surface area contributed by atoms with E-state index in [-0.39, 0.29) is 0 Å². The van der Waals surface area contributed by atoms with Gasteiger partial charge in [-0.15, -0.1) is 0 Å². The number of nitrogens with one attached hydrogen (secondary N) is 1. The number of thioether (sulfide) groups is 1. The number of hydrogen-bond donors (Lipinski definition) is 1. The van der Waals surface area contributed by atoms with Crippen molar-refractivity contribution in [2.45, 2.75) is 32.9 Å². The fourth-order valence-electron chi connectivity index (χ4n) is 1.92. The van der Waals surface area contributed by atoms with Gasteiger partial charge in [0.15, 0.2) is 0 Å². The van der Waals surface area contributed by atoms with Crippen molar-refractivity contribution < 1.29 is 0 Å². The van der Waals surface area contributed by atoms with Crippen LogP contribution in [0.3, 0.4) is 0 Å². The second-order valence-electron chi connectivity index (χ2n) is 4.86. The normalized spacial score (nSPS) is 16.9. The lowest BCUT2D eigenvalue weighted by molar-refractivity contribution is 0.579. The lowest BCUT2D eigenvalue weighted by Crippen LogP contribution is -2.28. The number of anilines is 1. The average molecular weight is 266 g/mol. The van der Waals surface area contributed by atoms with E-state index >= 15 is 0 Å². The average Bonchev–Trinajstić information content (AvgIpc) is 2.65. The van der Waals surface area contributed by atoms with Crippen molar-refractivity contribution in [3.8, 4) is 0 Å². The van der Waals surface area contributed by atoms with Gasteiger partial charge in [-0.25, -0.2) is 4.98 Å². The molecule has 2 rings (SSSR count). The molecule has 0 unspecified atom stereocenters. The zero-order valence-corrected chi connectivity index (χ0v) is 12.0. The van der Waals surface area contributed by atoms with Gasteiger partial charge >= 0.3 is 0 Å². The topological polar surface area (TPSA) is 41.1 Å². The number of hydrogen-bond acceptors (Lipinski definition) is 5. The standard InChI is InChI=1S/C13H22N4S/c1-11(2)15-9-12-8-14-10-13(16-12)17-4-3-6-18-7-5-17/h8,10-11,15H,3-7,9H2,1-2H3. The smallest absolute Gasteiger partial charge is 0.147 e. The Hall–Kier alpha value is -0.810. The van der Waals surface area contributed by atoms with Crippen LogP contribution in [0.25, 0.3) is 0 Å². The Balaban J connectivity index is 2.01. The fourth-order valence-corrected chi connectivity index (χ4v) is 2.80. The summed E-state index contributed by atoms with van der Waals surface area (Å²) in [7, 11) is 0. The molecule has 1 aliphatic rings. The molecular formula is C13H22N4S. The highest BCUT2D eigenvalue weighted by Gasteiger charge is 2.12. The Morgan fingerprint density at radius 3 is 3.06 bits per heavy atom. The maximum Gasteiger partial charge on any atom is 0.147 e. The molecule has 0 amide bonds. The summed E-state index contributed by atoms with van der Waals surface area (Å²) in [6.45, 7) is 7.26. The summed E-state index contributed by atoms with van der Waals surface area (Å²) in [6, 6.07) is 0.477. The quantitative estimate of drug-likeness (QED) is 0.901. The molecule has 100 valence electrons. The minimum absolute atomic E-state index is 0.477. The summed E-state index contributed by atoms with van der Waals surface area (Å²) in [5, 5.41) is 3.38. The molecule has 1 aromatic rings. The molecular weight excluding hydrogens is 244 g/mol. The van der Waals surface area contributed by atoms with Crippen LogP contribution in [-0.2, 0) is 6.54 Å². The predicted molar refractivity (Wildman–Crippen MR) is 78.2 cm³/mol. The third-order valence-corrected chi connectivity index (χ3v) is 3.96. The van der Waals surface area contributed by atoms with E-state index in [1.807, 2.05) is 24.2 Å². The molecule has 0 aliphatic carbocycles. The predicted octanol–water partition coefficient (Wildman–Crippen LogP) is 1.92. The van der Waals surface area contributed by atoms with Crippen LogP contribution >= 0.6 is 11.8 Å². The monoisotopic (exact) mass is 266 g/mol. The zero-order valence-electron chi connectivity index (χ0n) is 11.2. The third-order valence-electron chi connectivity index (χ3n) is 2.91. The van der Waals surface area contributed by atoms with E-state index in [2.05, 4.69) is 29.0 Å². The van der Waals surface area contributed by atoms with Gasteiger partial charge < -0.3 is 10.2 Å². The molecule has 1 aliphatic heterocycles. The molecule has 2 heterocycles. The molecule has 1 saturated heterocycles. The summed E-state index contributed by atoms with van der Waals surface area (Å²) in [4.78, 5) is 11.4. The number of nitrogens with zero attached hydrogens (tertiary/aromatic N) is 3. The van der Waals surface area contributed by atoms with E-state index < -0.39 is 0 Å². The second kappa shape index (κ2) is 6.95. The van der Waals surface area contributed by atoms with Crippen LogP contribution in [0.2, 0.25) is 0 Å². The van der Waals surface area contributed by atoms with Crippen molar-refractivity contribution in [3.05, 3.63) is 18.1 Å². The molecule has 0 bridgehead atoms. The summed E-state index contributed by atoms with van der Waals surface area (Å²) >= 11 is 2.03. The van der Waals surface area contributed by atoms with E-state index in [0.717, 1.165) is 31.1 Å². The summed E-state index contributed by atoms with van der Waals surface area (Å²) in [5.74, 6) is 3.48. The van der Waals surface area contributed by atoms with E-state index in [9.17, 15) is 0 Å². The molecule has 1 aromatic heterocycles. The van der Waals surface area contributed by atoms with Gasteiger partial charge in [0, 0.05) is 37.6 Å². The van der Waals surface area contributed by atoms with E-state index in [0.29, 0.717) is 6.04 Å². The highest BCUT2D eigenvalue weighted by Crippen LogP contribution is 2.16. The van der Waals surface area contributed by atoms with Crippen LogP contribution in [0.4, 0.5) is 5.82 Å². The SMILES string of the molecule is CC(C)NCc1cncc(N2CCCSCC2)n1. The van der Waals surface area contributed by atoms with Gasteiger partial charge in [-0.1, -0.05) is 13.8 Å². The molecule has 0 atom stereocenters. The first kappa shape index (κ1) is 13.6. The van der Waals surface area contributed by atoms with Crippen LogP contribution < -0.4 is 10.2 Å². The first-order valence-electron chi connectivity index (χ1n) is 6.62. The lowest BCUT2D eigenvalue weighted by Gasteiger charge is -2.21. The Labute approximate surface area is 114 Å². The van der Waals surface area contributed by atoms with Gasteiger partial charge in [-0.3, -0.25) is 4.98 Å². The molecule has 0 spiro atoms. The van der Waals surface area contributed by atoms with Gasteiger partial charge in [0.1, 0.15) is 5.82 Å². The summed E-state index contributed by atoms with van der Waals surface area (Å²) in [5.41, 5.74) is 1.03.